The van der Waals surface area contributed by atoms with Gasteiger partial charge in [-0.05, 0) is 56.5 Å². The molecule has 0 aromatic carbocycles. The first kappa shape index (κ1) is 12.9. The van der Waals surface area contributed by atoms with Crippen molar-refractivity contribution in [1.29, 1.82) is 0 Å². The molecule has 2 unspecified atom stereocenters. The van der Waals surface area contributed by atoms with Crippen LogP contribution in [0.25, 0.3) is 11.2 Å². The molecule has 0 radical (unpaired) electrons. The molecule has 1 N–H and O–H groups in total. The molecule has 1 aliphatic rings. The van der Waals surface area contributed by atoms with Crippen LogP contribution in [0.2, 0.25) is 0 Å². The Morgan fingerprint density at radius 3 is 2.95 bits per heavy atom. The number of hydrogen-bond donors (Lipinski definition) is 1. The van der Waals surface area contributed by atoms with E-state index < -0.39 is 0 Å². The molecule has 1 saturated carbocycles. The summed E-state index contributed by atoms with van der Waals surface area (Å²) >= 11 is 5.52. The summed E-state index contributed by atoms with van der Waals surface area (Å²) in [6, 6.07) is 4.64. The monoisotopic (exact) mass is 275 g/mol. The normalized spacial score (nSPS) is 24.5. The number of rotatable bonds is 1. The van der Waals surface area contributed by atoms with Crippen molar-refractivity contribution in [3.8, 4) is 0 Å². The van der Waals surface area contributed by atoms with Gasteiger partial charge >= 0.3 is 0 Å². The van der Waals surface area contributed by atoms with E-state index >= 15 is 0 Å². The van der Waals surface area contributed by atoms with Crippen molar-refractivity contribution in [3.63, 3.8) is 0 Å². The summed E-state index contributed by atoms with van der Waals surface area (Å²) in [6.45, 7) is 4.40. The van der Waals surface area contributed by atoms with E-state index in [1.54, 1.807) is 0 Å². The number of nitrogens with one attached hydrogen (secondary N) is 1. The predicted octanol–water partition coefficient (Wildman–Crippen LogP) is 4.54. The Morgan fingerprint density at radius 2 is 2.11 bits per heavy atom. The van der Waals surface area contributed by atoms with Crippen LogP contribution in [0.1, 0.15) is 50.8 Å². The Morgan fingerprint density at radius 1 is 1.26 bits per heavy atom. The van der Waals surface area contributed by atoms with E-state index in [9.17, 15) is 0 Å². The average Bonchev–Trinajstić information content (AvgIpc) is 2.55. The molecule has 2 aromatic heterocycles. The van der Waals surface area contributed by atoms with Crippen LogP contribution in [0.15, 0.2) is 12.1 Å². The van der Waals surface area contributed by atoms with Gasteiger partial charge in [-0.3, -0.25) is 4.57 Å². The van der Waals surface area contributed by atoms with Gasteiger partial charge in [0.2, 0.25) is 0 Å². The van der Waals surface area contributed by atoms with E-state index in [1.165, 1.54) is 32.1 Å². The summed E-state index contributed by atoms with van der Waals surface area (Å²) in [5.74, 6) is 0.846. The largest absolute Gasteiger partial charge is 0.329 e. The minimum atomic E-state index is 0.514. The summed E-state index contributed by atoms with van der Waals surface area (Å²) in [7, 11) is 0. The number of H-pyrrole nitrogens is 1. The first-order chi connectivity index (χ1) is 9.15. The van der Waals surface area contributed by atoms with Gasteiger partial charge in [0, 0.05) is 11.7 Å². The summed E-state index contributed by atoms with van der Waals surface area (Å²) in [5.41, 5.74) is 3.15. The zero-order valence-electron chi connectivity index (χ0n) is 11.6. The molecule has 0 aliphatic heterocycles. The molecule has 0 amide bonds. The van der Waals surface area contributed by atoms with Gasteiger partial charge in [0.1, 0.15) is 0 Å². The Labute approximate surface area is 119 Å². The molecule has 2 atom stereocenters. The highest BCUT2D eigenvalue weighted by atomic mass is 32.1. The first-order valence-corrected chi connectivity index (χ1v) is 7.64. The third-order valence-corrected chi connectivity index (χ3v) is 4.59. The molecule has 2 aromatic rings. The van der Waals surface area contributed by atoms with Gasteiger partial charge < -0.3 is 4.98 Å². The fraction of sp³-hybridized carbons (Fsp3) is 0.600. The molecule has 0 saturated heterocycles. The predicted molar refractivity (Wildman–Crippen MR) is 80.9 cm³/mol. The second-order valence-corrected chi connectivity index (χ2v) is 6.28. The van der Waals surface area contributed by atoms with Gasteiger partial charge in [-0.2, -0.15) is 0 Å². The van der Waals surface area contributed by atoms with Gasteiger partial charge in [-0.1, -0.05) is 19.8 Å². The zero-order chi connectivity index (χ0) is 13.4. The maximum Gasteiger partial charge on any atom is 0.179 e. The van der Waals surface area contributed by atoms with Crippen LogP contribution in [0.4, 0.5) is 0 Å². The van der Waals surface area contributed by atoms with E-state index in [0.717, 1.165) is 27.5 Å². The molecular weight excluding hydrogens is 254 g/mol. The van der Waals surface area contributed by atoms with E-state index in [4.69, 9.17) is 12.2 Å². The van der Waals surface area contributed by atoms with Crippen molar-refractivity contribution in [3.05, 3.63) is 22.6 Å². The average molecular weight is 275 g/mol. The lowest BCUT2D eigenvalue weighted by Crippen LogP contribution is -2.09. The van der Waals surface area contributed by atoms with Gasteiger partial charge in [-0.25, -0.2) is 4.98 Å². The molecule has 3 rings (SSSR count). The standard InChI is InChI=1S/C15H21N3S/c1-10-4-3-5-12(8-6-10)18-14-13(17-15(18)19)9-7-11(2)16-14/h7,9-10,12H,3-6,8H2,1-2H3,(H,17,19). The zero-order valence-corrected chi connectivity index (χ0v) is 12.5. The van der Waals surface area contributed by atoms with Gasteiger partial charge in [0.05, 0.1) is 5.52 Å². The van der Waals surface area contributed by atoms with Crippen LogP contribution < -0.4 is 0 Å². The number of fused-ring (bicyclic) bond motifs is 1. The van der Waals surface area contributed by atoms with Crippen molar-refractivity contribution in [1.82, 2.24) is 14.5 Å². The fourth-order valence-electron chi connectivity index (χ4n) is 3.16. The Balaban J connectivity index is 2.06. The summed E-state index contributed by atoms with van der Waals surface area (Å²) in [6.07, 6.45) is 6.38. The highest BCUT2D eigenvalue weighted by molar-refractivity contribution is 7.71. The van der Waals surface area contributed by atoms with E-state index in [1.807, 2.05) is 13.0 Å². The number of aromatic nitrogens is 3. The molecule has 4 heteroatoms. The highest BCUT2D eigenvalue weighted by Crippen LogP contribution is 2.32. The Bertz CT molecular complexity index is 640. The molecule has 0 spiro atoms. The summed E-state index contributed by atoms with van der Waals surface area (Å²) in [4.78, 5) is 7.98. The third kappa shape index (κ3) is 2.46. The van der Waals surface area contributed by atoms with E-state index in [0.29, 0.717) is 6.04 Å². The molecule has 2 heterocycles. The van der Waals surface area contributed by atoms with Gasteiger partial charge in [0.25, 0.3) is 0 Å². The lowest BCUT2D eigenvalue weighted by molar-refractivity contribution is 0.436. The van der Waals surface area contributed by atoms with Crippen molar-refractivity contribution < 1.29 is 0 Å². The van der Waals surface area contributed by atoms with Crippen molar-refractivity contribution in [2.75, 3.05) is 0 Å². The minimum Gasteiger partial charge on any atom is -0.329 e. The van der Waals surface area contributed by atoms with Crippen molar-refractivity contribution in [2.24, 2.45) is 5.92 Å². The van der Waals surface area contributed by atoms with Crippen LogP contribution >= 0.6 is 12.2 Å². The van der Waals surface area contributed by atoms with Crippen LogP contribution in [-0.4, -0.2) is 14.5 Å². The van der Waals surface area contributed by atoms with Gasteiger partial charge in [-0.15, -0.1) is 0 Å². The maximum absolute atomic E-state index is 5.52. The van der Waals surface area contributed by atoms with Crippen LogP contribution in [0.5, 0.6) is 0 Å². The number of hydrogen-bond acceptors (Lipinski definition) is 2. The third-order valence-electron chi connectivity index (χ3n) is 4.30. The van der Waals surface area contributed by atoms with Crippen LogP contribution in [-0.2, 0) is 0 Å². The molecular formula is C15H21N3S. The number of aryl methyl sites for hydroxylation is 1. The van der Waals surface area contributed by atoms with Crippen molar-refractivity contribution >= 4 is 23.4 Å². The molecule has 19 heavy (non-hydrogen) atoms. The highest BCUT2D eigenvalue weighted by Gasteiger charge is 2.20. The van der Waals surface area contributed by atoms with Crippen molar-refractivity contribution in [2.45, 2.75) is 52.0 Å². The fourth-order valence-corrected chi connectivity index (χ4v) is 3.51. The number of aromatic amines is 1. The quantitative estimate of drug-likeness (QED) is 0.612. The summed E-state index contributed by atoms with van der Waals surface area (Å²) < 4.78 is 3.09. The van der Waals surface area contributed by atoms with Crippen LogP contribution in [0.3, 0.4) is 0 Å². The SMILES string of the molecule is Cc1ccc2[nH]c(=S)n(C3CCCC(C)CC3)c2n1. The van der Waals surface area contributed by atoms with E-state index in [2.05, 4.69) is 27.5 Å². The Kier molecular flexibility index (Phi) is 3.44. The molecule has 1 aliphatic carbocycles. The summed E-state index contributed by atoms with van der Waals surface area (Å²) in [5, 5.41) is 0. The molecule has 102 valence electrons. The molecule has 3 nitrogen and oxygen atoms in total. The maximum atomic E-state index is 5.52. The molecule has 0 bridgehead atoms. The first-order valence-electron chi connectivity index (χ1n) is 7.23. The molecule has 1 fully saturated rings. The van der Waals surface area contributed by atoms with Crippen LogP contribution in [0, 0.1) is 17.6 Å². The lowest BCUT2D eigenvalue weighted by Gasteiger charge is -2.16. The van der Waals surface area contributed by atoms with Gasteiger partial charge in [0.15, 0.2) is 10.4 Å². The number of nitrogens with zero attached hydrogens (tertiary/aromatic N) is 2. The van der Waals surface area contributed by atoms with E-state index in [-0.39, 0.29) is 0 Å². The second-order valence-electron chi connectivity index (χ2n) is 5.89. The number of pyridine rings is 1. The Hall–Kier alpha value is -1.16. The smallest absolute Gasteiger partial charge is 0.179 e. The minimum absolute atomic E-state index is 0.514. The lowest BCUT2D eigenvalue weighted by atomic mass is 10.0. The number of imidazole rings is 1. The second kappa shape index (κ2) is 5.08. The topological polar surface area (TPSA) is 33.6 Å².